The van der Waals surface area contributed by atoms with Gasteiger partial charge in [-0.25, -0.2) is 0 Å². The summed E-state index contributed by atoms with van der Waals surface area (Å²) in [5.41, 5.74) is 3.76. The zero-order valence-electron chi connectivity index (χ0n) is 20.9. The number of nitrogens with one attached hydrogen (secondary N) is 1. The number of aliphatic imine (C=N–C) groups is 1. The minimum atomic E-state index is -0.992. The van der Waals surface area contributed by atoms with Gasteiger partial charge in [0.15, 0.2) is 5.78 Å². The van der Waals surface area contributed by atoms with Crippen molar-refractivity contribution >= 4 is 39.3 Å². The highest BCUT2D eigenvalue weighted by Gasteiger charge is 2.23. The van der Waals surface area contributed by atoms with Crippen LogP contribution in [0.25, 0.3) is 0 Å². The van der Waals surface area contributed by atoms with E-state index in [1.807, 2.05) is 18.2 Å². The Labute approximate surface area is 220 Å². The van der Waals surface area contributed by atoms with Crippen molar-refractivity contribution < 1.29 is 24.6 Å². The van der Waals surface area contributed by atoms with Crippen molar-refractivity contribution in [2.45, 2.75) is 64.2 Å². The first-order valence-corrected chi connectivity index (χ1v) is 12.9. The summed E-state index contributed by atoms with van der Waals surface area (Å²) in [5, 5.41) is 22.1. The number of carboxylic acids is 1. The molecule has 1 atom stereocenters. The fourth-order valence-electron chi connectivity index (χ4n) is 4.31. The van der Waals surface area contributed by atoms with E-state index in [1.54, 1.807) is 12.1 Å². The molecule has 0 saturated carbocycles. The van der Waals surface area contributed by atoms with Crippen LogP contribution in [0.1, 0.15) is 79.4 Å². The van der Waals surface area contributed by atoms with Crippen LogP contribution in [-0.2, 0) is 21.4 Å². The molecule has 1 aliphatic heterocycles. The van der Waals surface area contributed by atoms with Crippen LogP contribution in [0.5, 0.6) is 5.75 Å². The molecule has 0 aliphatic carbocycles. The average Bonchev–Trinajstić information content (AvgIpc) is 3.28. The number of rotatable bonds is 10. The number of carbonyl (C=O) groups is 3. The van der Waals surface area contributed by atoms with E-state index in [-0.39, 0.29) is 41.9 Å². The van der Waals surface area contributed by atoms with E-state index in [0.717, 1.165) is 46.3 Å². The number of Topliss-reactive ketones (excluding diaryl/α,β-unsaturated/α-hetero) is 1. The van der Waals surface area contributed by atoms with Gasteiger partial charge in [-0.15, -0.1) is 0 Å². The minimum Gasteiger partial charge on any atom is -0.508 e. The molecule has 0 saturated heterocycles. The van der Waals surface area contributed by atoms with Crippen LogP contribution in [0.4, 0.5) is 0 Å². The van der Waals surface area contributed by atoms with Gasteiger partial charge in [-0.3, -0.25) is 19.4 Å². The number of phenolic OH excluding ortho intramolecular Hbond substituents is 1. The van der Waals surface area contributed by atoms with Crippen molar-refractivity contribution in [1.82, 2.24) is 5.32 Å². The molecule has 0 spiro atoms. The standard InChI is InChI=1S/C28H33BrN2O5/c1-28(2,3)21-10-18(11-22(29)15-21)19(14-26(34)35)12-25(33)16-31-27(36)20-7-17(9-24(32)13-20)8-23-5-4-6-30-23/h7,9-11,13,15,19,32H,4-6,8,12,14,16H2,1-3H3,(H,31,36)(H,34,35)/t19-/m0/s1. The number of hydrogen-bond donors (Lipinski definition) is 3. The minimum absolute atomic E-state index is 0.0161. The van der Waals surface area contributed by atoms with Gasteiger partial charge < -0.3 is 15.5 Å². The predicted octanol–water partition coefficient (Wildman–Crippen LogP) is 5.18. The second-order valence-corrected chi connectivity index (χ2v) is 11.3. The summed E-state index contributed by atoms with van der Waals surface area (Å²) in [6.07, 6.45) is 2.30. The zero-order chi connectivity index (χ0) is 26.5. The van der Waals surface area contributed by atoms with Crippen LogP contribution >= 0.6 is 15.9 Å². The first-order chi connectivity index (χ1) is 16.9. The molecule has 1 amide bonds. The summed E-state index contributed by atoms with van der Waals surface area (Å²) in [4.78, 5) is 41.5. The normalized spacial score (nSPS) is 14.3. The van der Waals surface area contributed by atoms with Gasteiger partial charge in [0.05, 0.1) is 13.0 Å². The van der Waals surface area contributed by atoms with E-state index < -0.39 is 17.8 Å². The molecule has 0 fully saturated rings. The Balaban J connectivity index is 1.68. The van der Waals surface area contributed by atoms with Gasteiger partial charge in [-0.05, 0) is 65.3 Å². The van der Waals surface area contributed by atoms with Crippen LogP contribution in [0.15, 0.2) is 45.9 Å². The monoisotopic (exact) mass is 556 g/mol. The highest BCUT2D eigenvalue weighted by atomic mass is 79.9. The van der Waals surface area contributed by atoms with Gasteiger partial charge in [0.25, 0.3) is 5.91 Å². The van der Waals surface area contributed by atoms with E-state index >= 15 is 0 Å². The molecule has 1 heterocycles. The molecule has 1 aliphatic rings. The largest absolute Gasteiger partial charge is 0.508 e. The predicted molar refractivity (Wildman–Crippen MR) is 143 cm³/mol. The van der Waals surface area contributed by atoms with Gasteiger partial charge in [0.1, 0.15) is 5.75 Å². The van der Waals surface area contributed by atoms with E-state index in [2.05, 4.69) is 47.0 Å². The Morgan fingerprint density at radius 1 is 1.08 bits per heavy atom. The lowest BCUT2D eigenvalue weighted by molar-refractivity contribution is -0.137. The molecule has 36 heavy (non-hydrogen) atoms. The fourth-order valence-corrected chi connectivity index (χ4v) is 4.82. The molecule has 0 aromatic heterocycles. The molecule has 2 aromatic carbocycles. The first kappa shape index (κ1) is 27.6. The maximum absolute atomic E-state index is 12.8. The average molecular weight is 557 g/mol. The Morgan fingerprint density at radius 3 is 2.47 bits per heavy atom. The smallest absolute Gasteiger partial charge is 0.303 e. The highest BCUT2D eigenvalue weighted by Crippen LogP contribution is 2.32. The summed E-state index contributed by atoms with van der Waals surface area (Å²) in [7, 11) is 0. The second kappa shape index (κ2) is 11.8. The number of nitrogens with zero attached hydrogens (tertiary/aromatic N) is 1. The van der Waals surface area contributed by atoms with Crippen LogP contribution in [0.3, 0.4) is 0 Å². The van der Waals surface area contributed by atoms with Crippen molar-refractivity contribution in [1.29, 1.82) is 0 Å². The lowest BCUT2D eigenvalue weighted by atomic mass is 9.83. The van der Waals surface area contributed by atoms with Crippen molar-refractivity contribution in [3.63, 3.8) is 0 Å². The number of phenols is 1. The molecule has 0 unspecified atom stereocenters. The molecule has 2 aromatic rings. The summed E-state index contributed by atoms with van der Waals surface area (Å²) < 4.78 is 0.823. The number of amides is 1. The number of benzene rings is 2. The molecule has 8 heteroatoms. The van der Waals surface area contributed by atoms with Crippen LogP contribution in [-0.4, -0.2) is 46.7 Å². The number of carboxylic acid groups (broad SMARTS) is 1. The first-order valence-electron chi connectivity index (χ1n) is 12.1. The number of halogens is 1. The van der Waals surface area contributed by atoms with Gasteiger partial charge in [-0.2, -0.15) is 0 Å². The molecule has 3 N–H and O–H groups in total. The molecule has 0 radical (unpaired) electrons. The molecule has 3 rings (SSSR count). The summed E-state index contributed by atoms with van der Waals surface area (Å²) in [6.45, 7) is 6.79. The van der Waals surface area contributed by atoms with Gasteiger partial charge in [-0.1, -0.05) is 42.8 Å². The molecule has 7 nitrogen and oxygen atoms in total. The summed E-state index contributed by atoms with van der Waals surface area (Å²) in [5.74, 6) is -2.28. The molecular weight excluding hydrogens is 524 g/mol. The number of aromatic hydroxyl groups is 1. The topological polar surface area (TPSA) is 116 Å². The van der Waals surface area contributed by atoms with E-state index in [0.29, 0.717) is 6.42 Å². The quantitative estimate of drug-likeness (QED) is 0.373. The van der Waals surface area contributed by atoms with Crippen LogP contribution < -0.4 is 5.32 Å². The number of ketones is 1. The zero-order valence-corrected chi connectivity index (χ0v) is 22.5. The third-order valence-electron chi connectivity index (χ3n) is 6.21. The number of aliphatic carboxylic acids is 1. The van der Waals surface area contributed by atoms with Crippen molar-refractivity contribution in [2.75, 3.05) is 13.1 Å². The number of hydrogen-bond acceptors (Lipinski definition) is 5. The Kier molecular flexibility index (Phi) is 9.06. The Bertz CT molecular complexity index is 1180. The van der Waals surface area contributed by atoms with Crippen LogP contribution in [0.2, 0.25) is 0 Å². The lowest BCUT2D eigenvalue weighted by Gasteiger charge is -2.23. The number of carbonyl (C=O) groups excluding carboxylic acids is 2. The maximum Gasteiger partial charge on any atom is 0.303 e. The van der Waals surface area contributed by atoms with E-state index in [9.17, 15) is 24.6 Å². The van der Waals surface area contributed by atoms with Crippen molar-refractivity contribution in [2.24, 2.45) is 4.99 Å². The molecular formula is C28H33BrN2O5. The van der Waals surface area contributed by atoms with Crippen molar-refractivity contribution in [3.05, 3.63) is 63.1 Å². The van der Waals surface area contributed by atoms with Gasteiger partial charge in [0, 0.05) is 41.1 Å². The van der Waals surface area contributed by atoms with E-state index in [1.165, 1.54) is 6.07 Å². The maximum atomic E-state index is 12.8. The van der Waals surface area contributed by atoms with Crippen molar-refractivity contribution in [3.8, 4) is 5.75 Å². The third kappa shape index (κ3) is 8.01. The van der Waals surface area contributed by atoms with Gasteiger partial charge >= 0.3 is 5.97 Å². The summed E-state index contributed by atoms with van der Waals surface area (Å²) in [6, 6.07) is 10.5. The fraction of sp³-hybridized carbons (Fsp3) is 0.429. The Hall–Kier alpha value is -3.00. The van der Waals surface area contributed by atoms with E-state index in [4.69, 9.17) is 0 Å². The molecule has 0 bridgehead atoms. The highest BCUT2D eigenvalue weighted by molar-refractivity contribution is 9.10. The Morgan fingerprint density at radius 2 is 1.83 bits per heavy atom. The SMILES string of the molecule is CC(C)(C)c1cc(Br)cc([C@H](CC(=O)O)CC(=O)CNC(=O)c2cc(O)cc(CC3=NCCC3)c2)c1. The summed E-state index contributed by atoms with van der Waals surface area (Å²) >= 11 is 3.50. The molecule has 192 valence electrons. The lowest BCUT2D eigenvalue weighted by Crippen LogP contribution is -2.30. The van der Waals surface area contributed by atoms with Crippen LogP contribution in [0, 0.1) is 0 Å². The third-order valence-corrected chi connectivity index (χ3v) is 6.66. The second-order valence-electron chi connectivity index (χ2n) is 10.4. The van der Waals surface area contributed by atoms with Gasteiger partial charge in [0.2, 0.25) is 0 Å².